The number of amides is 1. The maximum Gasteiger partial charge on any atom is 0.225 e. The Morgan fingerprint density at radius 1 is 1.15 bits per heavy atom. The average molecular weight is 570 g/mol. The lowest BCUT2D eigenvalue weighted by Crippen LogP contribution is -2.45. The van der Waals surface area contributed by atoms with E-state index in [1.807, 2.05) is 7.05 Å². The monoisotopic (exact) mass is 569 g/mol. The SMILES string of the molecule is CN=C(NCc1cccc(CN2CCOC(C)C2)c1)NC1CCN(C(=O)C2CCCC2)C1.I. The molecule has 4 rings (SSSR count). The van der Waals surface area contributed by atoms with Crippen LogP contribution in [0.4, 0.5) is 0 Å². The molecule has 3 fully saturated rings. The molecule has 2 atom stereocenters. The lowest BCUT2D eigenvalue weighted by Gasteiger charge is -2.31. The first kappa shape index (κ1) is 26.2. The first-order valence-electron chi connectivity index (χ1n) is 12.3. The minimum absolute atomic E-state index is 0. The second kappa shape index (κ2) is 12.9. The van der Waals surface area contributed by atoms with Crippen molar-refractivity contribution in [2.24, 2.45) is 10.9 Å². The van der Waals surface area contributed by atoms with Crippen LogP contribution in [0, 0.1) is 5.92 Å². The molecule has 1 aliphatic carbocycles. The van der Waals surface area contributed by atoms with Gasteiger partial charge in [-0.25, -0.2) is 0 Å². The van der Waals surface area contributed by atoms with Gasteiger partial charge in [0.2, 0.25) is 5.91 Å². The summed E-state index contributed by atoms with van der Waals surface area (Å²) in [6, 6.07) is 9.03. The van der Waals surface area contributed by atoms with Crippen molar-refractivity contribution < 1.29 is 9.53 Å². The highest BCUT2D eigenvalue weighted by Crippen LogP contribution is 2.27. The molecule has 0 bridgehead atoms. The smallest absolute Gasteiger partial charge is 0.225 e. The van der Waals surface area contributed by atoms with Crippen molar-refractivity contribution in [2.75, 3.05) is 39.8 Å². The molecule has 33 heavy (non-hydrogen) atoms. The van der Waals surface area contributed by atoms with Gasteiger partial charge in [-0.2, -0.15) is 0 Å². The number of nitrogens with one attached hydrogen (secondary N) is 2. The number of nitrogens with zero attached hydrogens (tertiary/aromatic N) is 3. The molecule has 2 aliphatic heterocycles. The van der Waals surface area contributed by atoms with E-state index in [4.69, 9.17) is 4.74 Å². The van der Waals surface area contributed by atoms with Crippen molar-refractivity contribution in [3.05, 3.63) is 35.4 Å². The number of hydrogen-bond donors (Lipinski definition) is 2. The Morgan fingerprint density at radius 2 is 1.94 bits per heavy atom. The molecule has 0 radical (unpaired) electrons. The Balaban J connectivity index is 0.00000306. The molecule has 1 amide bonds. The van der Waals surface area contributed by atoms with Crippen molar-refractivity contribution in [2.45, 2.75) is 64.3 Å². The second-order valence-corrected chi connectivity index (χ2v) is 9.56. The fraction of sp³-hybridized carbons (Fsp3) is 0.680. The quantitative estimate of drug-likeness (QED) is 0.314. The van der Waals surface area contributed by atoms with Crippen LogP contribution in [0.5, 0.6) is 0 Å². The fourth-order valence-electron chi connectivity index (χ4n) is 5.21. The van der Waals surface area contributed by atoms with Gasteiger partial charge in [0.15, 0.2) is 5.96 Å². The summed E-state index contributed by atoms with van der Waals surface area (Å²) in [4.78, 5) is 21.6. The Labute approximate surface area is 215 Å². The number of ether oxygens (including phenoxy) is 1. The van der Waals surface area contributed by atoms with Crippen LogP contribution in [0.2, 0.25) is 0 Å². The van der Waals surface area contributed by atoms with Gasteiger partial charge in [-0.1, -0.05) is 37.1 Å². The van der Waals surface area contributed by atoms with Gasteiger partial charge in [0, 0.05) is 58.3 Å². The van der Waals surface area contributed by atoms with E-state index in [0.29, 0.717) is 12.0 Å². The average Bonchev–Trinajstić information content (AvgIpc) is 3.49. The van der Waals surface area contributed by atoms with E-state index in [1.54, 1.807) is 0 Å². The lowest BCUT2D eigenvalue weighted by molar-refractivity contribution is -0.134. The van der Waals surface area contributed by atoms with Crippen molar-refractivity contribution in [3.8, 4) is 0 Å². The van der Waals surface area contributed by atoms with E-state index in [2.05, 4.69) is 56.6 Å². The first-order valence-corrected chi connectivity index (χ1v) is 12.3. The van der Waals surface area contributed by atoms with Crippen molar-refractivity contribution in [3.63, 3.8) is 0 Å². The predicted octanol–water partition coefficient (Wildman–Crippen LogP) is 2.98. The molecule has 1 aromatic carbocycles. The minimum Gasteiger partial charge on any atom is -0.376 e. The molecule has 2 N–H and O–H groups in total. The summed E-state index contributed by atoms with van der Waals surface area (Å²) in [5.41, 5.74) is 2.58. The zero-order valence-corrected chi connectivity index (χ0v) is 22.4. The number of morpholine rings is 1. The molecule has 2 saturated heterocycles. The molecule has 8 heteroatoms. The van der Waals surface area contributed by atoms with Gasteiger partial charge in [0.25, 0.3) is 0 Å². The van der Waals surface area contributed by atoms with Crippen LogP contribution in [-0.4, -0.2) is 73.6 Å². The standard InChI is InChI=1S/C25H39N5O2.HI/c1-19-16-29(12-13-32-19)17-21-7-5-6-20(14-21)15-27-25(26-2)28-23-10-11-30(18-23)24(31)22-8-3-4-9-22;/h5-7,14,19,22-23H,3-4,8-13,15-18H2,1-2H3,(H2,26,27,28);1H. The first-order chi connectivity index (χ1) is 15.6. The Bertz CT molecular complexity index is 799. The highest BCUT2D eigenvalue weighted by Gasteiger charge is 2.32. The third kappa shape index (κ3) is 7.55. The van der Waals surface area contributed by atoms with Crippen molar-refractivity contribution in [1.29, 1.82) is 0 Å². The molecular formula is C25H40IN5O2. The number of rotatable bonds is 6. The summed E-state index contributed by atoms with van der Waals surface area (Å²) in [6.45, 7) is 8.25. The summed E-state index contributed by atoms with van der Waals surface area (Å²) in [7, 11) is 1.81. The largest absolute Gasteiger partial charge is 0.376 e. The molecule has 1 aromatic rings. The number of benzene rings is 1. The van der Waals surface area contributed by atoms with Gasteiger partial charge < -0.3 is 20.3 Å². The normalized spacial score (nSPS) is 24.5. The van der Waals surface area contributed by atoms with E-state index in [9.17, 15) is 4.79 Å². The van der Waals surface area contributed by atoms with E-state index in [0.717, 1.165) is 71.1 Å². The van der Waals surface area contributed by atoms with E-state index in [-0.39, 0.29) is 35.9 Å². The third-order valence-electron chi connectivity index (χ3n) is 6.95. The molecule has 3 aliphatic rings. The van der Waals surface area contributed by atoms with Crippen LogP contribution in [-0.2, 0) is 22.6 Å². The van der Waals surface area contributed by atoms with E-state index in [1.165, 1.54) is 24.0 Å². The highest BCUT2D eigenvalue weighted by atomic mass is 127. The predicted molar refractivity (Wildman–Crippen MR) is 143 cm³/mol. The Morgan fingerprint density at radius 3 is 2.70 bits per heavy atom. The van der Waals surface area contributed by atoms with Crippen molar-refractivity contribution in [1.82, 2.24) is 20.4 Å². The van der Waals surface area contributed by atoms with E-state index < -0.39 is 0 Å². The summed E-state index contributed by atoms with van der Waals surface area (Å²) < 4.78 is 5.65. The van der Waals surface area contributed by atoms with Crippen LogP contribution in [0.15, 0.2) is 29.3 Å². The molecule has 0 spiro atoms. The second-order valence-electron chi connectivity index (χ2n) is 9.56. The maximum atomic E-state index is 12.7. The topological polar surface area (TPSA) is 69.2 Å². The van der Waals surface area contributed by atoms with Gasteiger partial charge in [0.05, 0.1) is 12.7 Å². The molecule has 2 heterocycles. The van der Waals surface area contributed by atoms with E-state index >= 15 is 0 Å². The van der Waals surface area contributed by atoms with Crippen LogP contribution in [0.1, 0.15) is 50.2 Å². The summed E-state index contributed by atoms with van der Waals surface area (Å²) in [6.07, 6.45) is 5.83. The van der Waals surface area contributed by atoms with Crippen LogP contribution >= 0.6 is 24.0 Å². The van der Waals surface area contributed by atoms with Gasteiger partial charge in [0.1, 0.15) is 0 Å². The molecule has 184 valence electrons. The summed E-state index contributed by atoms with van der Waals surface area (Å²) >= 11 is 0. The number of carbonyl (C=O) groups is 1. The summed E-state index contributed by atoms with van der Waals surface area (Å²) in [5.74, 6) is 1.43. The van der Waals surface area contributed by atoms with Crippen LogP contribution in [0.25, 0.3) is 0 Å². The van der Waals surface area contributed by atoms with Crippen LogP contribution < -0.4 is 10.6 Å². The van der Waals surface area contributed by atoms with Crippen molar-refractivity contribution >= 4 is 35.8 Å². The molecular weight excluding hydrogens is 529 g/mol. The van der Waals surface area contributed by atoms with Gasteiger partial charge >= 0.3 is 0 Å². The number of carbonyl (C=O) groups excluding carboxylic acids is 1. The number of likely N-dealkylation sites (tertiary alicyclic amines) is 1. The van der Waals surface area contributed by atoms with Crippen LogP contribution in [0.3, 0.4) is 0 Å². The Hall–Kier alpha value is -1.39. The molecule has 7 nitrogen and oxygen atoms in total. The zero-order chi connectivity index (χ0) is 22.3. The maximum absolute atomic E-state index is 12.7. The molecule has 0 aromatic heterocycles. The number of aliphatic imine (C=N–C) groups is 1. The highest BCUT2D eigenvalue weighted by molar-refractivity contribution is 14.0. The zero-order valence-electron chi connectivity index (χ0n) is 20.1. The number of halogens is 1. The lowest BCUT2D eigenvalue weighted by atomic mass is 10.1. The van der Waals surface area contributed by atoms with Gasteiger partial charge in [-0.15, -0.1) is 24.0 Å². The number of guanidine groups is 1. The number of hydrogen-bond acceptors (Lipinski definition) is 4. The minimum atomic E-state index is 0. The van der Waals surface area contributed by atoms with Gasteiger partial charge in [-0.3, -0.25) is 14.7 Å². The molecule has 2 unspecified atom stereocenters. The summed E-state index contributed by atoms with van der Waals surface area (Å²) in [5, 5.41) is 6.97. The third-order valence-corrected chi connectivity index (χ3v) is 6.95. The Kier molecular flexibility index (Phi) is 10.2. The van der Waals surface area contributed by atoms with Gasteiger partial charge in [-0.05, 0) is 37.3 Å². The molecule has 1 saturated carbocycles. The fourth-order valence-corrected chi connectivity index (χ4v) is 5.21.